The van der Waals surface area contributed by atoms with E-state index in [-0.39, 0.29) is 0 Å². The van der Waals surface area contributed by atoms with Gasteiger partial charge in [-0.3, -0.25) is 0 Å². The van der Waals surface area contributed by atoms with Crippen LogP contribution in [0, 0.1) is 0 Å². The van der Waals surface area contributed by atoms with Gasteiger partial charge in [0.1, 0.15) is 0 Å². The Labute approximate surface area is 101 Å². The second-order valence-corrected chi connectivity index (χ2v) is 3.43. The number of benzene rings is 1. The second kappa shape index (κ2) is 10.5. The maximum Gasteiger partial charge on any atom is 0.0366 e. The van der Waals surface area contributed by atoms with Gasteiger partial charge in [-0.25, -0.2) is 0 Å². The molecule has 0 aromatic heterocycles. The Bertz CT molecular complexity index is 234. The number of nitrogens with zero attached hydrogens (tertiary/aromatic N) is 1. The van der Waals surface area contributed by atoms with E-state index in [1.807, 2.05) is 20.9 Å². The summed E-state index contributed by atoms with van der Waals surface area (Å²) in [6.07, 6.45) is 1.19. The molecule has 0 heterocycles. The maximum atomic E-state index is 3.18. The van der Waals surface area contributed by atoms with Gasteiger partial charge in [0, 0.05) is 25.3 Å². The number of nitrogens with one attached hydrogen (secondary N) is 1. The second-order valence-electron chi connectivity index (χ2n) is 3.43. The molecular weight excluding hydrogens is 196 g/mol. The normalized spacial score (nSPS) is 9.25. The summed E-state index contributed by atoms with van der Waals surface area (Å²) < 4.78 is 0. The number of para-hydroxylation sites is 1. The van der Waals surface area contributed by atoms with E-state index in [2.05, 4.69) is 47.5 Å². The average molecular weight is 222 g/mol. The van der Waals surface area contributed by atoms with Gasteiger partial charge in [0.25, 0.3) is 0 Å². The molecule has 0 saturated heterocycles. The molecule has 0 aliphatic carbocycles. The van der Waals surface area contributed by atoms with Gasteiger partial charge in [0.2, 0.25) is 0 Å². The maximum absolute atomic E-state index is 3.18. The Hall–Kier alpha value is -1.02. The molecule has 0 aliphatic rings. The molecule has 0 bridgehead atoms. The van der Waals surface area contributed by atoms with Gasteiger partial charge < -0.3 is 10.2 Å². The lowest BCUT2D eigenvalue weighted by Crippen LogP contribution is -2.31. The smallest absolute Gasteiger partial charge is 0.0366 e. The predicted molar refractivity (Wildman–Crippen MR) is 74.2 cm³/mol. The first kappa shape index (κ1) is 15.0. The third kappa shape index (κ3) is 5.76. The van der Waals surface area contributed by atoms with Crippen LogP contribution >= 0.6 is 0 Å². The zero-order chi connectivity index (χ0) is 12.2. The first-order valence-corrected chi connectivity index (χ1v) is 6.33. The van der Waals surface area contributed by atoms with Crippen molar-refractivity contribution >= 4 is 5.69 Å². The van der Waals surface area contributed by atoms with Crippen LogP contribution in [-0.4, -0.2) is 26.7 Å². The Kier molecular flexibility index (Phi) is 9.83. The Balaban J connectivity index is 0.00000106. The zero-order valence-electron chi connectivity index (χ0n) is 11.2. The van der Waals surface area contributed by atoms with Gasteiger partial charge in [0.15, 0.2) is 0 Å². The molecule has 0 amide bonds. The lowest BCUT2D eigenvalue weighted by atomic mass is 10.2. The fourth-order valence-corrected chi connectivity index (χ4v) is 1.53. The van der Waals surface area contributed by atoms with E-state index in [9.17, 15) is 0 Å². The van der Waals surface area contributed by atoms with E-state index in [1.165, 1.54) is 12.1 Å². The molecule has 2 nitrogen and oxygen atoms in total. The lowest BCUT2D eigenvalue weighted by Gasteiger charge is -2.24. The van der Waals surface area contributed by atoms with Crippen molar-refractivity contribution in [1.82, 2.24) is 5.32 Å². The van der Waals surface area contributed by atoms with Crippen LogP contribution in [0.3, 0.4) is 0 Å². The highest BCUT2D eigenvalue weighted by Gasteiger charge is 2.02. The summed E-state index contributed by atoms with van der Waals surface area (Å²) in [5.41, 5.74) is 1.32. The topological polar surface area (TPSA) is 15.3 Å². The standard InChI is InChI=1S/C12H20N2.C2H6/c1-3-10-14(11-9-13-2)12-7-5-4-6-8-12;1-2/h4-8,13H,3,9-11H2,1-2H3;1-2H3. The molecule has 0 saturated carbocycles. The minimum atomic E-state index is 1.04. The van der Waals surface area contributed by atoms with Crippen LogP contribution in [0.1, 0.15) is 27.2 Å². The highest BCUT2D eigenvalue weighted by atomic mass is 15.1. The molecule has 1 aromatic carbocycles. The van der Waals surface area contributed by atoms with E-state index in [1.54, 1.807) is 0 Å². The van der Waals surface area contributed by atoms with Gasteiger partial charge in [-0.15, -0.1) is 0 Å². The number of rotatable bonds is 6. The van der Waals surface area contributed by atoms with Crippen molar-refractivity contribution in [3.8, 4) is 0 Å². The van der Waals surface area contributed by atoms with Gasteiger partial charge in [-0.05, 0) is 25.6 Å². The van der Waals surface area contributed by atoms with Gasteiger partial charge in [-0.1, -0.05) is 39.0 Å². The molecule has 1 N–H and O–H groups in total. The number of likely N-dealkylation sites (N-methyl/N-ethyl adjacent to an activating group) is 1. The summed E-state index contributed by atoms with van der Waals surface area (Å²) >= 11 is 0. The zero-order valence-corrected chi connectivity index (χ0v) is 11.2. The quantitative estimate of drug-likeness (QED) is 0.795. The fraction of sp³-hybridized carbons (Fsp3) is 0.571. The lowest BCUT2D eigenvalue weighted by molar-refractivity contribution is 0.710. The van der Waals surface area contributed by atoms with Crippen LogP contribution < -0.4 is 10.2 Å². The van der Waals surface area contributed by atoms with Crippen LogP contribution in [0.25, 0.3) is 0 Å². The van der Waals surface area contributed by atoms with Crippen LogP contribution in [-0.2, 0) is 0 Å². The first-order chi connectivity index (χ1) is 7.88. The van der Waals surface area contributed by atoms with Crippen molar-refractivity contribution in [3.63, 3.8) is 0 Å². The monoisotopic (exact) mass is 222 g/mol. The molecule has 2 heteroatoms. The van der Waals surface area contributed by atoms with Crippen molar-refractivity contribution in [1.29, 1.82) is 0 Å². The summed E-state index contributed by atoms with van der Waals surface area (Å²) in [5, 5.41) is 3.18. The van der Waals surface area contributed by atoms with Gasteiger partial charge in [-0.2, -0.15) is 0 Å². The highest BCUT2D eigenvalue weighted by molar-refractivity contribution is 5.45. The molecule has 0 aliphatic heterocycles. The van der Waals surface area contributed by atoms with Gasteiger partial charge >= 0.3 is 0 Å². The fourth-order valence-electron chi connectivity index (χ4n) is 1.53. The third-order valence-corrected chi connectivity index (χ3v) is 2.25. The third-order valence-electron chi connectivity index (χ3n) is 2.25. The van der Waals surface area contributed by atoms with E-state index in [0.29, 0.717) is 0 Å². The predicted octanol–water partition coefficient (Wildman–Crippen LogP) is 3.15. The number of hydrogen-bond acceptors (Lipinski definition) is 2. The summed E-state index contributed by atoms with van der Waals surface area (Å²) in [6, 6.07) is 10.6. The Morgan fingerprint density at radius 3 is 2.19 bits per heavy atom. The molecule has 0 radical (unpaired) electrons. The molecule has 16 heavy (non-hydrogen) atoms. The number of anilines is 1. The molecule has 1 aromatic rings. The molecule has 0 fully saturated rings. The van der Waals surface area contributed by atoms with E-state index in [4.69, 9.17) is 0 Å². The van der Waals surface area contributed by atoms with Crippen molar-refractivity contribution in [2.24, 2.45) is 0 Å². The van der Waals surface area contributed by atoms with Crippen molar-refractivity contribution in [3.05, 3.63) is 30.3 Å². The highest BCUT2D eigenvalue weighted by Crippen LogP contribution is 2.12. The molecule has 0 unspecified atom stereocenters. The number of hydrogen-bond donors (Lipinski definition) is 1. The molecule has 1 rings (SSSR count). The van der Waals surface area contributed by atoms with Crippen LogP contribution in [0.2, 0.25) is 0 Å². The van der Waals surface area contributed by atoms with Gasteiger partial charge in [0.05, 0.1) is 0 Å². The van der Waals surface area contributed by atoms with Crippen LogP contribution in [0.5, 0.6) is 0 Å². The average Bonchev–Trinajstić information content (AvgIpc) is 2.38. The minimum absolute atomic E-state index is 1.04. The van der Waals surface area contributed by atoms with Crippen LogP contribution in [0.15, 0.2) is 30.3 Å². The molecule has 0 spiro atoms. The van der Waals surface area contributed by atoms with E-state index >= 15 is 0 Å². The van der Waals surface area contributed by atoms with Crippen molar-refractivity contribution in [2.45, 2.75) is 27.2 Å². The minimum Gasteiger partial charge on any atom is -0.370 e. The summed E-state index contributed by atoms with van der Waals surface area (Å²) in [5.74, 6) is 0. The van der Waals surface area contributed by atoms with E-state index in [0.717, 1.165) is 19.6 Å². The summed E-state index contributed by atoms with van der Waals surface area (Å²) in [4.78, 5) is 2.41. The van der Waals surface area contributed by atoms with Crippen LogP contribution in [0.4, 0.5) is 5.69 Å². The Morgan fingerprint density at radius 1 is 1.06 bits per heavy atom. The summed E-state index contributed by atoms with van der Waals surface area (Å²) in [7, 11) is 2.00. The SMILES string of the molecule is CC.CCCN(CCNC)c1ccccc1. The Morgan fingerprint density at radius 2 is 1.69 bits per heavy atom. The summed E-state index contributed by atoms with van der Waals surface area (Å²) in [6.45, 7) is 9.46. The molecule has 92 valence electrons. The molecular formula is C14H26N2. The van der Waals surface area contributed by atoms with E-state index < -0.39 is 0 Å². The van der Waals surface area contributed by atoms with Crippen molar-refractivity contribution in [2.75, 3.05) is 31.6 Å². The first-order valence-electron chi connectivity index (χ1n) is 6.33. The molecule has 0 atom stereocenters. The van der Waals surface area contributed by atoms with Crippen molar-refractivity contribution < 1.29 is 0 Å². The largest absolute Gasteiger partial charge is 0.370 e.